The molecule has 1 aromatic rings. The standard InChI is InChI=1S/C13H17Cl2N3/c1-7-11(14)16-13(17-12(7)15)8-5-9-3-4-10(6-8)18(9)2/h8-10H,3-6H2,1-2H3. The van der Waals surface area contributed by atoms with Gasteiger partial charge in [0.15, 0.2) is 0 Å². The smallest absolute Gasteiger partial charge is 0.137 e. The Hall–Kier alpha value is -0.380. The van der Waals surface area contributed by atoms with Crippen LogP contribution in [0, 0.1) is 6.92 Å². The minimum Gasteiger partial charge on any atom is -0.300 e. The molecule has 3 heterocycles. The first-order chi connectivity index (χ1) is 8.56. The molecule has 18 heavy (non-hydrogen) atoms. The van der Waals surface area contributed by atoms with E-state index in [1.807, 2.05) is 6.92 Å². The fraction of sp³-hybridized carbons (Fsp3) is 0.692. The van der Waals surface area contributed by atoms with Crippen molar-refractivity contribution < 1.29 is 0 Å². The summed E-state index contributed by atoms with van der Waals surface area (Å²) >= 11 is 12.2. The van der Waals surface area contributed by atoms with E-state index >= 15 is 0 Å². The van der Waals surface area contributed by atoms with Crippen LogP contribution in [0.25, 0.3) is 0 Å². The van der Waals surface area contributed by atoms with E-state index < -0.39 is 0 Å². The molecule has 0 radical (unpaired) electrons. The largest absolute Gasteiger partial charge is 0.300 e. The maximum absolute atomic E-state index is 6.11. The Bertz CT molecular complexity index is 440. The van der Waals surface area contributed by atoms with Gasteiger partial charge >= 0.3 is 0 Å². The highest BCUT2D eigenvalue weighted by Crippen LogP contribution is 2.41. The summed E-state index contributed by atoms with van der Waals surface area (Å²) in [6.45, 7) is 1.85. The van der Waals surface area contributed by atoms with Crippen LogP contribution >= 0.6 is 23.2 Å². The summed E-state index contributed by atoms with van der Waals surface area (Å²) in [6.07, 6.45) is 4.85. The minimum absolute atomic E-state index is 0.411. The van der Waals surface area contributed by atoms with Gasteiger partial charge in [0, 0.05) is 23.6 Å². The topological polar surface area (TPSA) is 29.0 Å². The van der Waals surface area contributed by atoms with E-state index in [9.17, 15) is 0 Å². The molecule has 0 spiro atoms. The van der Waals surface area contributed by atoms with Gasteiger partial charge in [0.05, 0.1) is 0 Å². The third kappa shape index (κ3) is 2.02. The number of hydrogen-bond donors (Lipinski definition) is 0. The average molecular weight is 286 g/mol. The van der Waals surface area contributed by atoms with Crippen LogP contribution in [-0.4, -0.2) is 34.0 Å². The maximum Gasteiger partial charge on any atom is 0.137 e. The summed E-state index contributed by atoms with van der Waals surface area (Å²) in [7, 11) is 2.23. The van der Waals surface area contributed by atoms with E-state index in [-0.39, 0.29) is 0 Å². The molecule has 0 saturated carbocycles. The van der Waals surface area contributed by atoms with Crippen molar-refractivity contribution in [1.29, 1.82) is 0 Å². The number of rotatable bonds is 1. The molecule has 2 fully saturated rings. The highest BCUT2D eigenvalue weighted by Gasteiger charge is 2.40. The van der Waals surface area contributed by atoms with Crippen LogP contribution in [-0.2, 0) is 0 Å². The van der Waals surface area contributed by atoms with E-state index in [0.29, 0.717) is 28.3 Å². The second-order valence-corrected chi connectivity index (χ2v) is 6.22. The van der Waals surface area contributed by atoms with Gasteiger partial charge in [-0.2, -0.15) is 0 Å². The predicted molar refractivity (Wildman–Crippen MR) is 73.3 cm³/mol. The van der Waals surface area contributed by atoms with E-state index in [2.05, 4.69) is 21.9 Å². The van der Waals surface area contributed by atoms with Crippen LogP contribution in [0.2, 0.25) is 10.3 Å². The van der Waals surface area contributed by atoms with Crippen molar-refractivity contribution in [3.8, 4) is 0 Å². The summed E-state index contributed by atoms with van der Waals surface area (Å²) < 4.78 is 0. The summed E-state index contributed by atoms with van der Waals surface area (Å²) in [4.78, 5) is 11.4. The number of aromatic nitrogens is 2. The van der Waals surface area contributed by atoms with Gasteiger partial charge in [-0.1, -0.05) is 23.2 Å². The van der Waals surface area contributed by atoms with E-state index in [1.165, 1.54) is 12.8 Å². The van der Waals surface area contributed by atoms with Gasteiger partial charge in [-0.25, -0.2) is 9.97 Å². The van der Waals surface area contributed by atoms with Crippen LogP contribution in [0.1, 0.15) is 43.0 Å². The summed E-state index contributed by atoms with van der Waals surface area (Å²) in [5.74, 6) is 1.25. The molecule has 5 heteroatoms. The molecule has 2 aliphatic rings. The van der Waals surface area contributed by atoms with Gasteiger partial charge in [-0.05, 0) is 39.7 Å². The van der Waals surface area contributed by atoms with Crippen LogP contribution < -0.4 is 0 Å². The molecule has 98 valence electrons. The van der Waals surface area contributed by atoms with Gasteiger partial charge < -0.3 is 4.90 Å². The minimum atomic E-state index is 0.411. The number of fused-ring (bicyclic) bond motifs is 2. The molecule has 2 aliphatic heterocycles. The normalized spacial score (nSPS) is 31.9. The van der Waals surface area contributed by atoms with E-state index in [1.54, 1.807) is 0 Å². The first-order valence-electron chi connectivity index (χ1n) is 6.47. The lowest BCUT2D eigenvalue weighted by molar-refractivity contribution is 0.159. The van der Waals surface area contributed by atoms with E-state index in [0.717, 1.165) is 24.2 Å². The van der Waals surface area contributed by atoms with Crippen molar-refractivity contribution in [2.24, 2.45) is 0 Å². The maximum atomic E-state index is 6.11. The zero-order chi connectivity index (χ0) is 12.9. The fourth-order valence-electron chi connectivity index (χ4n) is 3.28. The quantitative estimate of drug-likeness (QED) is 0.741. The Kier molecular flexibility index (Phi) is 3.25. The average Bonchev–Trinajstić information content (AvgIpc) is 2.57. The van der Waals surface area contributed by atoms with Crippen LogP contribution in [0.3, 0.4) is 0 Å². The number of hydrogen-bond acceptors (Lipinski definition) is 3. The number of halogens is 2. The Balaban J connectivity index is 1.88. The van der Waals surface area contributed by atoms with Crippen molar-refractivity contribution in [3.05, 3.63) is 21.7 Å². The highest BCUT2D eigenvalue weighted by atomic mass is 35.5. The monoisotopic (exact) mass is 285 g/mol. The van der Waals surface area contributed by atoms with Crippen LogP contribution in [0.15, 0.2) is 0 Å². The molecule has 3 nitrogen and oxygen atoms in total. The molecule has 0 aliphatic carbocycles. The Morgan fingerprint density at radius 1 is 1.06 bits per heavy atom. The Morgan fingerprint density at radius 2 is 1.56 bits per heavy atom. The first-order valence-corrected chi connectivity index (χ1v) is 7.23. The molecule has 0 N–H and O–H groups in total. The molecule has 2 unspecified atom stereocenters. The molecule has 2 bridgehead atoms. The molecule has 2 atom stereocenters. The van der Waals surface area contributed by atoms with Crippen molar-refractivity contribution in [1.82, 2.24) is 14.9 Å². The number of piperidine rings is 1. The fourth-order valence-corrected chi connectivity index (χ4v) is 3.68. The van der Waals surface area contributed by atoms with Gasteiger partial charge in [0.25, 0.3) is 0 Å². The third-order valence-electron chi connectivity index (χ3n) is 4.51. The SMILES string of the molecule is Cc1c(Cl)nc(C2CC3CCC(C2)N3C)nc1Cl. The van der Waals surface area contributed by atoms with Gasteiger partial charge in [0.2, 0.25) is 0 Å². The second kappa shape index (κ2) is 4.62. The Labute approximate surface area is 118 Å². The molecule has 2 saturated heterocycles. The van der Waals surface area contributed by atoms with E-state index in [4.69, 9.17) is 23.2 Å². The van der Waals surface area contributed by atoms with Crippen molar-refractivity contribution in [3.63, 3.8) is 0 Å². The lowest BCUT2D eigenvalue weighted by Gasteiger charge is -2.35. The predicted octanol–water partition coefficient (Wildman–Crippen LogP) is 3.43. The van der Waals surface area contributed by atoms with Crippen molar-refractivity contribution in [2.45, 2.75) is 50.6 Å². The van der Waals surface area contributed by atoms with Crippen molar-refractivity contribution >= 4 is 23.2 Å². The van der Waals surface area contributed by atoms with Gasteiger partial charge in [-0.3, -0.25) is 0 Å². The summed E-state index contributed by atoms with van der Waals surface area (Å²) in [6, 6.07) is 1.35. The number of nitrogens with zero attached hydrogens (tertiary/aromatic N) is 3. The molecule has 0 amide bonds. The van der Waals surface area contributed by atoms with Crippen LogP contribution in [0.5, 0.6) is 0 Å². The summed E-state index contributed by atoms with van der Waals surface area (Å²) in [5.41, 5.74) is 0.776. The Morgan fingerprint density at radius 3 is 2.06 bits per heavy atom. The van der Waals surface area contributed by atoms with Gasteiger partial charge in [-0.15, -0.1) is 0 Å². The third-order valence-corrected chi connectivity index (χ3v) is 5.24. The zero-order valence-electron chi connectivity index (χ0n) is 10.7. The van der Waals surface area contributed by atoms with Crippen LogP contribution in [0.4, 0.5) is 0 Å². The lowest BCUT2D eigenvalue weighted by atomic mass is 9.90. The molecule has 1 aromatic heterocycles. The second-order valence-electron chi connectivity index (χ2n) is 5.51. The molecule has 0 aromatic carbocycles. The molecule has 3 rings (SSSR count). The molecular formula is C13H17Cl2N3. The van der Waals surface area contributed by atoms with Crippen molar-refractivity contribution in [2.75, 3.05) is 7.05 Å². The first kappa shape index (κ1) is 12.6. The van der Waals surface area contributed by atoms with Gasteiger partial charge in [0.1, 0.15) is 16.1 Å². The zero-order valence-corrected chi connectivity index (χ0v) is 12.2. The summed E-state index contributed by atoms with van der Waals surface area (Å²) in [5, 5.41) is 0.993. The molecular weight excluding hydrogens is 269 g/mol. The lowest BCUT2D eigenvalue weighted by Crippen LogP contribution is -2.39. The highest BCUT2D eigenvalue weighted by molar-refractivity contribution is 6.34.